The molecule has 2 amide bonds. The molecule has 4 N–H and O–H groups in total. The maximum Gasteiger partial charge on any atom is 0.411 e. The summed E-state index contributed by atoms with van der Waals surface area (Å²) in [6.07, 6.45) is 0.416. The Morgan fingerprint density at radius 3 is 2.59 bits per heavy atom. The molecule has 0 aromatic heterocycles. The second-order valence-electron chi connectivity index (χ2n) is 11.3. The van der Waals surface area contributed by atoms with Crippen LogP contribution in [0.15, 0.2) is 48.5 Å². The topological polar surface area (TPSA) is 117 Å². The highest BCUT2D eigenvalue weighted by Gasteiger charge is 2.60. The maximum absolute atomic E-state index is 13.5. The first kappa shape index (κ1) is 28.8. The van der Waals surface area contributed by atoms with Crippen molar-refractivity contribution in [2.75, 3.05) is 19.0 Å². The standard InChI is InChI=1S/C30H39FN2O6/c1-29-14-13-26(39-28(37)33-21-9-6-8-20(31)15-21)30(2,18-34)25(29)12-11-23(35)22(29)16-27(36)32-17-19-7-4-5-10-24(19)38-3/h4-10,15,22-23,25-26,34-35H,11-14,16-18H2,1-3H3,(H,32,36)(H,33,37)/t22-,23-,25+,26-,29+,30+/m1/s1. The molecule has 0 aliphatic heterocycles. The first-order valence-electron chi connectivity index (χ1n) is 13.5. The van der Waals surface area contributed by atoms with Gasteiger partial charge in [-0.05, 0) is 67.2 Å². The average Bonchev–Trinajstić information content (AvgIpc) is 2.91. The number of anilines is 1. The van der Waals surface area contributed by atoms with Crippen molar-refractivity contribution in [3.05, 3.63) is 59.9 Å². The molecule has 2 aromatic carbocycles. The van der Waals surface area contributed by atoms with Crippen molar-refractivity contribution in [2.45, 2.75) is 64.7 Å². The third-order valence-electron chi connectivity index (χ3n) is 9.07. The zero-order valence-corrected chi connectivity index (χ0v) is 22.8. The van der Waals surface area contributed by atoms with E-state index in [0.29, 0.717) is 38.0 Å². The number of hydrogen-bond acceptors (Lipinski definition) is 6. The van der Waals surface area contributed by atoms with Gasteiger partial charge in [0.25, 0.3) is 0 Å². The summed E-state index contributed by atoms with van der Waals surface area (Å²) in [5, 5.41) is 27.2. The third-order valence-corrected chi connectivity index (χ3v) is 9.07. The number of para-hydroxylation sites is 1. The number of ether oxygens (including phenoxy) is 2. The largest absolute Gasteiger partial charge is 0.496 e. The summed E-state index contributed by atoms with van der Waals surface area (Å²) in [4.78, 5) is 25.8. The van der Waals surface area contributed by atoms with Crippen molar-refractivity contribution in [1.82, 2.24) is 5.32 Å². The molecule has 2 saturated carbocycles. The van der Waals surface area contributed by atoms with Crippen LogP contribution in [0.25, 0.3) is 0 Å². The number of carbonyl (C=O) groups is 2. The molecular formula is C30H39FN2O6. The molecule has 0 heterocycles. The van der Waals surface area contributed by atoms with Gasteiger partial charge in [-0.25, -0.2) is 9.18 Å². The van der Waals surface area contributed by atoms with Gasteiger partial charge in [-0.1, -0.05) is 38.1 Å². The SMILES string of the molecule is COc1ccccc1CNC(=O)C[C@@H]1[C@H](O)CC[C@@H]2[C@](C)(CO)[C@H](OC(=O)Nc3cccc(F)c3)CC[C@]21C. The summed E-state index contributed by atoms with van der Waals surface area (Å²) >= 11 is 0. The van der Waals surface area contributed by atoms with Crippen LogP contribution in [0.3, 0.4) is 0 Å². The van der Waals surface area contributed by atoms with Crippen molar-refractivity contribution < 1.29 is 33.7 Å². The highest BCUT2D eigenvalue weighted by molar-refractivity contribution is 5.84. The Hall–Kier alpha value is -3.17. The van der Waals surface area contributed by atoms with Crippen molar-refractivity contribution in [1.29, 1.82) is 0 Å². The van der Waals surface area contributed by atoms with Crippen molar-refractivity contribution in [3.8, 4) is 5.75 Å². The molecule has 212 valence electrons. The second kappa shape index (κ2) is 11.9. The zero-order valence-electron chi connectivity index (χ0n) is 22.8. The Morgan fingerprint density at radius 2 is 1.87 bits per heavy atom. The number of rotatable bonds is 8. The Balaban J connectivity index is 1.45. The van der Waals surface area contributed by atoms with Gasteiger partial charge in [-0.3, -0.25) is 10.1 Å². The number of halogens is 1. The number of benzene rings is 2. The molecule has 0 bridgehead atoms. The lowest BCUT2D eigenvalue weighted by Crippen LogP contribution is -2.61. The molecule has 6 atom stereocenters. The zero-order chi connectivity index (χ0) is 28.2. The fourth-order valence-electron chi connectivity index (χ4n) is 6.94. The van der Waals surface area contributed by atoms with Gasteiger partial charge < -0.3 is 25.0 Å². The minimum atomic E-state index is -0.779. The smallest absolute Gasteiger partial charge is 0.411 e. The molecule has 0 spiro atoms. The normalized spacial score (nSPS) is 30.1. The van der Waals surface area contributed by atoms with E-state index in [9.17, 15) is 24.2 Å². The Kier molecular flexibility index (Phi) is 8.81. The number of nitrogens with one attached hydrogen (secondary N) is 2. The van der Waals surface area contributed by atoms with Gasteiger partial charge in [0.15, 0.2) is 0 Å². The molecule has 0 radical (unpaired) electrons. The highest BCUT2D eigenvalue weighted by Crippen LogP contribution is 2.61. The molecule has 2 fully saturated rings. The minimum Gasteiger partial charge on any atom is -0.496 e. The fraction of sp³-hybridized carbons (Fsp3) is 0.533. The van der Waals surface area contributed by atoms with E-state index in [1.807, 2.05) is 31.2 Å². The van der Waals surface area contributed by atoms with Crippen LogP contribution in [-0.4, -0.2) is 48.1 Å². The van der Waals surface area contributed by atoms with Crippen LogP contribution < -0.4 is 15.4 Å². The van der Waals surface area contributed by atoms with Crippen molar-refractivity contribution >= 4 is 17.7 Å². The molecular weight excluding hydrogens is 503 g/mol. The number of methoxy groups -OCH3 is 1. The molecule has 4 rings (SSSR count). The number of aliphatic hydroxyl groups is 2. The summed E-state index contributed by atoms with van der Waals surface area (Å²) in [5.41, 5.74) is -0.0797. The Morgan fingerprint density at radius 1 is 1.10 bits per heavy atom. The lowest BCUT2D eigenvalue weighted by atomic mass is 9.46. The van der Waals surface area contributed by atoms with Crippen molar-refractivity contribution in [3.63, 3.8) is 0 Å². The number of hydrogen-bond donors (Lipinski definition) is 4. The predicted molar refractivity (Wildman–Crippen MR) is 145 cm³/mol. The first-order chi connectivity index (χ1) is 18.6. The van der Waals surface area contributed by atoms with E-state index in [2.05, 4.69) is 17.6 Å². The van der Waals surface area contributed by atoms with E-state index in [-0.39, 0.29) is 36.5 Å². The van der Waals surface area contributed by atoms with Gasteiger partial charge in [0.05, 0.1) is 19.8 Å². The molecule has 8 nitrogen and oxygen atoms in total. The van der Waals surface area contributed by atoms with Crippen LogP contribution in [-0.2, 0) is 16.1 Å². The molecule has 0 unspecified atom stereocenters. The van der Waals surface area contributed by atoms with Crippen LogP contribution in [0.1, 0.15) is 51.5 Å². The van der Waals surface area contributed by atoms with Gasteiger partial charge in [-0.2, -0.15) is 0 Å². The van der Waals surface area contributed by atoms with Gasteiger partial charge in [0, 0.05) is 29.6 Å². The van der Waals surface area contributed by atoms with Gasteiger partial charge in [-0.15, -0.1) is 0 Å². The summed E-state index contributed by atoms with van der Waals surface area (Å²) in [5.74, 6) is -0.348. The lowest BCUT2D eigenvalue weighted by molar-refractivity contribution is -0.185. The monoisotopic (exact) mass is 542 g/mol. The van der Waals surface area contributed by atoms with Crippen LogP contribution in [0, 0.1) is 28.5 Å². The summed E-state index contributed by atoms with van der Waals surface area (Å²) in [7, 11) is 1.59. The van der Waals surface area contributed by atoms with E-state index >= 15 is 0 Å². The first-order valence-corrected chi connectivity index (χ1v) is 13.5. The van der Waals surface area contributed by atoms with Crippen LogP contribution >= 0.6 is 0 Å². The van der Waals surface area contributed by atoms with Gasteiger partial charge in [0.1, 0.15) is 17.7 Å². The number of carbonyl (C=O) groups excluding carboxylic acids is 2. The number of amides is 2. The van der Waals surface area contributed by atoms with E-state index in [1.165, 1.54) is 18.2 Å². The summed E-state index contributed by atoms with van der Waals surface area (Å²) in [6.45, 7) is 4.09. The van der Waals surface area contributed by atoms with Crippen LogP contribution in [0.5, 0.6) is 5.75 Å². The van der Waals surface area contributed by atoms with E-state index in [0.717, 1.165) is 5.56 Å². The molecule has 2 aromatic rings. The number of fused-ring (bicyclic) bond motifs is 1. The lowest BCUT2D eigenvalue weighted by Gasteiger charge is -2.60. The second-order valence-corrected chi connectivity index (χ2v) is 11.3. The highest BCUT2D eigenvalue weighted by atomic mass is 19.1. The summed E-state index contributed by atoms with van der Waals surface area (Å²) in [6, 6.07) is 13.0. The Bertz CT molecular complexity index is 1180. The molecule has 2 aliphatic carbocycles. The van der Waals surface area contributed by atoms with Crippen molar-refractivity contribution in [2.24, 2.45) is 22.7 Å². The molecule has 9 heteroatoms. The molecule has 0 saturated heterocycles. The molecule has 2 aliphatic rings. The van der Waals surface area contributed by atoms with E-state index in [4.69, 9.17) is 9.47 Å². The quantitative estimate of drug-likeness (QED) is 0.386. The van der Waals surface area contributed by atoms with Gasteiger partial charge >= 0.3 is 6.09 Å². The van der Waals surface area contributed by atoms with Gasteiger partial charge in [0.2, 0.25) is 5.91 Å². The Labute approximate surface area is 228 Å². The molecule has 39 heavy (non-hydrogen) atoms. The van der Waals surface area contributed by atoms with E-state index in [1.54, 1.807) is 13.2 Å². The predicted octanol–water partition coefficient (Wildman–Crippen LogP) is 4.64. The maximum atomic E-state index is 13.5. The fourth-order valence-corrected chi connectivity index (χ4v) is 6.94. The van der Waals surface area contributed by atoms with E-state index < -0.39 is 34.9 Å². The summed E-state index contributed by atoms with van der Waals surface area (Å²) < 4.78 is 24.7. The van der Waals surface area contributed by atoms with Crippen LogP contribution in [0.4, 0.5) is 14.9 Å². The average molecular weight is 543 g/mol. The van der Waals surface area contributed by atoms with Crippen LogP contribution in [0.2, 0.25) is 0 Å². The number of aliphatic hydroxyl groups excluding tert-OH is 2. The third kappa shape index (κ3) is 6.04. The minimum absolute atomic E-state index is 0.0915.